The third-order valence-electron chi connectivity index (χ3n) is 4.69. The molecule has 1 saturated heterocycles. The Balaban J connectivity index is 1.61. The van der Waals surface area contributed by atoms with E-state index in [1.807, 2.05) is 0 Å². The molecule has 2 heterocycles. The normalized spacial score (nSPS) is 18.0. The highest BCUT2D eigenvalue weighted by molar-refractivity contribution is 7.11. The van der Waals surface area contributed by atoms with Crippen LogP contribution in [0.15, 0.2) is 35.3 Å². The summed E-state index contributed by atoms with van der Waals surface area (Å²) in [6.45, 7) is 10.2. The Bertz CT molecular complexity index is 708. The molecule has 1 aliphatic heterocycles. The molecule has 0 radical (unpaired) electrons. The van der Waals surface area contributed by atoms with E-state index in [2.05, 4.69) is 66.3 Å². The van der Waals surface area contributed by atoms with E-state index in [-0.39, 0.29) is 0 Å². The van der Waals surface area contributed by atoms with Crippen LogP contribution in [0.25, 0.3) is 0 Å². The first-order valence-corrected chi connectivity index (χ1v) is 10.00. The molecule has 1 N–H and O–H groups in total. The molecule has 1 fully saturated rings. The van der Waals surface area contributed by atoms with Gasteiger partial charge in [-0.05, 0) is 32.8 Å². The van der Waals surface area contributed by atoms with Crippen molar-refractivity contribution in [1.82, 2.24) is 15.2 Å². The Morgan fingerprint density at radius 2 is 2.12 bits per heavy atom. The molecule has 134 valence electrons. The van der Waals surface area contributed by atoms with Crippen molar-refractivity contribution in [1.29, 1.82) is 0 Å². The highest BCUT2D eigenvalue weighted by Crippen LogP contribution is 2.27. The zero-order valence-corrected chi connectivity index (χ0v) is 16.3. The van der Waals surface area contributed by atoms with Crippen molar-refractivity contribution in [3.63, 3.8) is 0 Å². The quantitative estimate of drug-likeness (QED) is 0.655. The van der Waals surface area contributed by atoms with Crippen LogP contribution in [0.2, 0.25) is 0 Å². The molecule has 25 heavy (non-hydrogen) atoms. The summed E-state index contributed by atoms with van der Waals surface area (Å²) in [6, 6.07) is 10.8. The van der Waals surface area contributed by atoms with Crippen LogP contribution >= 0.6 is 11.3 Å². The summed E-state index contributed by atoms with van der Waals surface area (Å²) in [4.78, 5) is 13.2. The molecule has 0 bridgehead atoms. The van der Waals surface area contributed by atoms with Gasteiger partial charge in [-0.25, -0.2) is 4.98 Å². The van der Waals surface area contributed by atoms with Gasteiger partial charge in [-0.3, -0.25) is 4.99 Å². The molecule has 2 aromatic rings. The molecule has 1 aromatic heterocycles. The van der Waals surface area contributed by atoms with Gasteiger partial charge in [0.1, 0.15) is 0 Å². The van der Waals surface area contributed by atoms with E-state index in [0.717, 1.165) is 49.3 Å². The van der Waals surface area contributed by atoms with Gasteiger partial charge < -0.3 is 10.2 Å². The molecule has 5 heteroatoms. The molecule has 0 saturated carbocycles. The highest BCUT2D eigenvalue weighted by atomic mass is 32.1. The van der Waals surface area contributed by atoms with Crippen LogP contribution in [0.3, 0.4) is 0 Å². The molecular formula is C20H28N4S. The van der Waals surface area contributed by atoms with Crippen molar-refractivity contribution in [2.45, 2.75) is 39.5 Å². The third kappa shape index (κ3) is 4.60. The number of likely N-dealkylation sites (tertiary alicyclic amines) is 1. The van der Waals surface area contributed by atoms with Gasteiger partial charge in [0.25, 0.3) is 0 Å². The number of nitrogens with zero attached hydrogens (tertiary/aromatic N) is 3. The average Bonchev–Trinajstić information content (AvgIpc) is 3.22. The fourth-order valence-corrected chi connectivity index (χ4v) is 4.37. The summed E-state index contributed by atoms with van der Waals surface area (Å²) in [6.07, 6.45) is 2.17. The fourth-order valence-electron chi connectivity index (χ4n) is 3.44. The first-order chi connectivity index (χ1) is 12.2. The second-order valence-electron chi connectivity index (χ2n) is 6.57. The van der Waals surface area contributed by atoms with E-state index in [1.165, 1.54) is 16.9 Å². The van der Waals surface area contributed by atoms with E-state index in [9.17, 15) is 0 Å². The zero-order valence-electron chi connectivity index (χ0n) is 15.5. The van der Waals surface area contributed by atoms with Gasteiger partial charge in [-0.15, -0.1) is 11.3 Å². The fraction of sp³-hybridized carbons (Fsp3) is 0.500. The van der Waals surface area contributed by atoms with Crippen LogP contribution in [0.1, 0.15) is 40.4 Å². The third-order valence-corrected chi connectivity index (χ3v) is 5.83. The number of thiazole rings is 1. The molecule has 1 aromatic carbocycles. The minimum absolute atomic E-state index is 0.608. The molecule has 1 atom stereocenters. The molecule has 0 aliphatic carbocycles. The van der Waals surface area contributed by atoms with E-state index >= 15 is 0 Å². The summed E-state index contributed by atoms with van der Waals surface area (Å²) >= 11 is 1.79. The Labute approximate surface area is 155 Å². The number of aromatic nitrogens is 1. The number of hydrogen-bond donors (Lipinski definition) is 1. The zero-order chi connectivity index (χ0) is 17.6. The number of aryl methyl sites for hydroxylation is 2. The van der Waals surface area contributed by atoms with Gasteiger partial charge in [-0.2, -0.15) is 0 Å². The predicted octanol–water partition coefficient (Wildman–Crippen LogP) is 3.76. The van der Waals surface area contributed by atoms with Crippen LogP contribution in [-0.4, -0.2) is 42.0 Å². The first kappa shape index (κ1) is 17.9. The van der Waals surface area contributed by atoms with E-state index in [4.69, 9.17) is 4.99 Å². The molecule has 4 nitrogen and oxygen atoms in total. The SMILES string of the molecule is CCNC(=NCCc1sc(C)nc1C)N1CCC(c2ccccc2)C1. The van der Waals surface area contributed by atoms with Crippen molar-refractivity contribution in [3.05, 3.63) is 51.5 Å². The maximum Gasteiger partial charge on any atom is 0.193 e. The van der Waals surface area contributed by atoms with Gasteiger partial charge in [0.05, 0.1) is 10.7 Å². The van der Waals surface area contributed by atoms with Crippen molar-refractivity contribution >= 4 is 17.3 Å². The largest absolute Gasteiger partial charge is 0.357 e. The number of guanidine groups is 1. The molecule has 1 unspecified atom stereocenters. The molecule has 0 spiro atoms. The van der Waals surface area contributed by atoms with E-state index in [0.29, 0.717) is 5.92 Å². The Hall–Kier alpha value is -1.88. The summed E-state index contributed by atoms with van der Waals surface area (Å²) in [5.74, 6) is 1.66. The molecular weight excluding hydrogens is 328 g/mol. The Kier molecular flexibility index (Phi) is 6.08. The van der Waals surface area contributed by atoms with E-state index < -0.39 is 0 Å². The van der Waals surface area contributed by atoms with Crippen molar-refractivity contribution in [2.75, 3.05) is 26.2 Å². The minimum atomic E-state index is 0.608. The predicted molar refractivity (Wildman–Crippen MR) is 107 cm³/mol. The molecule has 1 aliphatic rings. The second-order valence-corrected chi connectivity index (χ2v) is 7.86. The Morgan fingerprint density at radius 1 is 1.32 bits per heavy atom. The van der Waals surface area contributed by atoms with Gasteiger partial charge in [0.2, 0.25) is 0 Å². The van der Waals surface area contributed by atoms with Crippen molar-refractivity contribution in [2.24, 2.45) is 4.99 Å². The van der Waals surface area contributed by atoms with Crippen molar-refractivity contribution in [3.8, 4) is 0 Å². The summed E-state index contributed by atoms with van der Waals surface area (Å²) in [5.41, 5.74) is 2.60. The van der Waals surface area contributed by atoms with Crippen LogP contribution in [-0.2, 0) is 6.42 Å². The van der Waals surface area contributed by atoms with Gasteiger partial charge in [-0.1, -0.05) is 30.3 Å². The van der Waals surface area contributed by atoms with Gasteiger partial charge in [0.15, 0.2) is 5.96 Å². The number of hydrogen-bond acceptors (Lipinski definition) is 3. The molecule has 3 rings (SSSR count). The maximum absolute atomic E-state index is 4.88. The lowest BCUT2D eigenvalue weighted by molar-refractivity contribution is 0.486. The number of nitrogens with one attached hydrogen (secondary N) is 1. The number of benzene rings is 1. The lowest BCUT2D eigenvalue weighted by Crippen LogP contribution is -2.40. The topological polar surface area (TPSA) is 40.5 Å². The van der Waals surface area contributed by atoms with Crippen LogP contribution in [0.4, 0.5) is 0 Å². The second kappa shape index (κ2) is 8.48. The summed E-state index contributed by atoms with van der Waals surface area (Å²) < 4.78 is 0. The van der Waals surface area contributed by atoms with Gasteiger partial charge in [0, 0.05) is 43.4 Å². The van der Waals surface area contributed by atoms with Crippen LogP contribution in [0, 0.1) is 13.8 Å². The average molecular weight is 357 g/mol. The standard InChI is InChI=1S/C20H28N4S/c1-4-21-20(22-12-10-19-15(2)23-16(3)25-19)24-13-11-18(14-24)17-8-6-5-7-9-17/h5-9,18H,4,10-14H2,1-3H3,(H,21,22). The van der Waals surface area contributed by atoms with Gasteiger partial charge >= 0.3 is 0 Å². The summed E-state index contributed by atoms with van der Waals surface area (Å²) in [7, 11) is 0. The monoisotopic (exact) mass is 356 g/mol. The smallest absolute Gasteiger partial charge is 0.193 e. The minimum Gasteiger partial charge on any atom is -0.357 e. The highest BCUT2D eigenvalue weighted by Gasteiger charge is 2.25. The lowest BCUT2D eigenvalue weighted by Gasteiger charge is -2.21. The lowest BCUT2D eigenvalue weighted by atomic mass is 9.99. The first-order valence-electron chi connectivity index (χ1n) is 9.18. The van der Waals surface area contributed by atoms with Crippen LogP contribution in [0.5, 0.6) is 0 Å². The van der Waals surface area contributed by atoms with Crippen molar-refractivity contribution < 1.29 is 0 Å². The summed E-state index contributed by atoms with van der Waals surface area (Å²) in [5, 5.41) is 4.61. The maximum atomic E-state index is 4.88. The van der Waals surface area contributed by atoms with E-state index in [1.54, 1.807) is 11.3 Å². The number of rotatable bonds is 5. The van der Waals surface area contributed by atoms with Crippen LogP contribution < -0.4 is 5.32 Å². The molecule has 0 amide bonds. The number of aliphatic imine (C=N–C) groups is 1. The Morgan fingerprint density at radius 3 is 2.80 bits per heavy atom.